The van der Waals surface area contributed by atoms with Gasteiger partial charge in [0.1, 0.15) is 11.3 Å². The van der Waals surface area contributed by atoms with E-state index in [1.807, 2.05) is 6.07 Å². The van der Waals surface area contributed by atoms with E-state index in [1.165, 1.54) is 0 Å². The summed E-state index contributed by atoms with van der Waals surface area (Å²) in [5, 5.41) is 22.2. The summed E-state index contributed by atoms with van der Waals surface area (Å²) in [6.07, 6.45) is 1.61. The smallest absolute Gasteiger partial charge is 0.141 e. The van der Waals surface area contributed by atoms with Crippen molar-refractivity contribution in [1.82, 2.24) is 4.98 Å². The van der Waals surface area contributed by atoms with Crippen molar-refractivity contribution in [3.05, 3.63) is 36.0 Å². The average Bonchev–Trinajstić information content (AvgIpc) is 2.29. The van der Waals surface area contributed by atoms with Gasteiger partial charge >= 0.3 is 0 Å². The monoisotopic (exact) mass is 202 g/mol. The Bertz CT molecular complexity index is 535. The molecular weight excluding hydrogens is 192 g/mol. The molecule has 1 aromatic heterocycles. The Morgan fingerprint density at radius 3 is 2.87 bits per heavy atom. The minimum Gasteiger partial charge on any atom is -0.506 e. The average molecular weight is 202 g/mol. The highest BCUT2D eigenvalue weighted by Crippen LogP contribution is 2.25. The first-order valence-electron chi connectivity index (χ1n) is 4.50. The number of oxime groups is 1. The molecule has 1 aromatic carbocycles. The summed E-state index contributed by atoms with van der Waals surface area (Å²) in [4.78, 5) is 4.07. The molecule has 4 nitrogen and oxygen atoms in total. The van der Waals surface area contributed by atoms with Gasteiger partial charge in [0, 0.05) is 17.1 Å². The second-order valence-corrected chi connectivity index (χ2v) is 3.22. The van der Waals surface area contributed by atoms with Gasteiger partial charge in [-0.05, 0) is 25.1 Å². The molecule has 0 radical (unpaired) electrons. The van der Waals surface area contributed by atoms with E-state index in [9.17, 15) is 5.11 Å². The quantitative estimate of drug-likeness (QED) is 0.423. The third-order valence-electron chi connectivity index (χ3n) is 2.29. The van der Waals surface area contributed by atoms with E-state index >= 15 is 0 Å². The zero-order valence-corrected chi connectivity index (χ0v) is 8.18. The molecule has 1 heterocycles. The lowest BCUT2D eigenvalue weighted by molar-refractivity contribution is 0.319. The molecule has 0 fully saturated rings. The molecule has 2 rings (SSSR count). The summed E-state index contributed by atoms with van der Waals surface area (Å²) < 4.78 is 0. The molecule has 0 spiro atoms. The molecule has 2 N–H and O–H groups in total. The summed E-state index contributed by atoms with van der Waals surface area (Å²) in [6.45, 7) is 1.69. The van der Waals surface area contributed by atoms with Crippen LogP contribution in [0.3, 0.4) is 0 Å². The first-order valence-corrected chi connectivity index (χ1v) is 4.50. The van der Waals surface area contributed by atoms with Crippen LogP contribution in [0.1, 0.15) is 12.5 Å². The number of phenolic OH excluding ortho intramolecular Hbond substituents is 1. The number of hydrogen-bond donors (Lipinski definition) is 2. The summed E-state index contributed by atoms with van der Waals surface area (Å²) in [5.74, 6) is 0.125. The summed E-state index contributed by atoms with van der Waals surface area (Å²) in [7, 11) is 0. The van der Waals surface area contributed by atoms with Gasteiger partial charge < -0.3 is 10.3 Å². The number of aromatic hydroxyl groups is 1. The van der Waals surface area contributed by atoms with E-state index in [1.54, 1.807) is 31.3 Å². The van der Waals surface area contributed by atoms with Crippen molar-refractivity contribution in [2.45, 2.75) is 6.92 Å². The Labute approximate surface area is 86.5 Å². The van der Waals surface area contributed by atoms with Gasteiger partial charge in [-0.25, -0.2) is 0 Å². The molecule has 0 amide bonds. The molecule has 0 aliphatic heterocycles. The van der Waals surface area contributed by atoms with Gasteiger partial charge in [0.15, 0.2) is 0 Å². The van der Waals surface area contributed by atoms with E-state index in [0.717, 1.165) is 10.9 Å². The number of phenols is 1. The molecule has 0 bridgehead atoms. The van der Waals surface area contributed by atoms with Crippen molar-refractivity contribution >= 4 is 16.6 Å². The fraction of sp³-hybridized carbons (Fsp3) is 0.0909. The second kappa shape index (κ2) is 3.57. The Morgan fingerprint density at radius 2 is 2.13 bits per heavy atom. The highest BCUT2D eigenvalue weighted by atomic mass is 16.4. The van der Waals surface area contributed by atoms with Crippen LogP contribution >= 0.6 is 0 Å². The highest BCUT2D eigenvalue weighted by Gasteiger charge is 2.07. The molecule has 76 valence electrons. The summed E-state index contributed by atoms with van der Waals surface area (Å²) in [5.41, 5.74) is 1.77. The first-order chi connectivity index (χ1) is 7.24. The van der Waals surface area contributed by atoms with Crippen LogP contribution in [0.4, 0.5) is 0 Å². The van der Waals surface area contributed by atoms with E-state index < -0.39 is 0 Å². The number of hydrogen-bond acceptors (Lipinski definition) is 4. The van der Waals surface area contributed by atoms with Crippen molar-refractivity contribution in [2.75, 3.05) is 0 Å². The van der Waals surface area contributed by atoms with Crippen LogP contribution in [0.25, 0.3) is 10.9 Å². The molecule has 15 heavy (non-hydrogen) atoms. The van der Waals surface area contributed by atoms with Crippen molar-refractivity contribution < 1.29 is 10.3 Å². The third-order valence-corrected chi connectivity index (χ3v) is 2.29. The lowest BCUT2D eigenvalue weighted by Crippen LogP contribution is -1.96. The summed E-state index contributed by atoms with van der Waals surface area (Å²) >= 11 is 0. The zero-order chi connectivity index (χ0) is 10.8. The van der Waals surface area contributed by atoms with E-state index in [2.05, 4.69) is 10.1 Å². The van der Waals surface area contributed by atoms with Gasteiger partial charge in [0.2, 0.25) is 0 Å². The minimum atomic E-state index is 0.125. The minimum absolute atomic E-state index is 0.125. The Balaban J connectivity index is 2.83. The molecule has 0 unspecified atom stereocenters. The number of benzene rings is 1. The van der Waals surface area contributed by atoms with Gasteiger partial charge in [-0.15, -0.1) is 0 Å². The van der Waals surface area contributed by atoms with Crippen LogP contribution in [-0.2, 0) is 0 Å². The van der Waals surface area contributed by atoms with Gasteiger partial charge in [0.25, 0.3) is 0 Å². The van der Waals surface area contributed by atoms with Gasteiger partial charge in [-0.1, -0.05) is 11.2 Å². The fourth-order valence-electron chi connectivity index (χ4n) is 1.53. The fourth-order valence-corrected chi connectivity index (χ4v) is 1.53. The number of aromatic nitrogens is 1. The molecule has 0 saturated heterocycles. The van der Waals surface area contributed by atoms with Crippen molar-refractivity contribution in [3.8, 4) is 5.75 Å². The third kappa shape index (κ3) is 1.50. The standard InChI is InChI=1S/C11H10N2O2/c1-7(13-15)8-4-5-10(14)11-9(8)3-2-6-12-11/h2-6,14-15H,1H3. The normalized spacial score (nSPS) is 11.9. The second-order valence-electron chi connectivity index (χ2n) is 3.22. The number of fused-ring (bicyclic) bond motifs is 1. The van der Waals surface area contributed by atoms with Gasteiger partial charge in [0.05, 0.1) is 5.71 Å². The number of nitrogens with zero attached hydrogens (tertiary/aromatic N) is 2. The van der Waals surface area contributed by atoms with E-state index in [-0.39, 0.29) is 5.75 Å². The van der Waals surface area contributed by atoms with Gasteiger partial charge in [-0.2, -0.15) is 0 Å². The van der Waals surface area contributed by atoms with Crippen LogP contribution in [0.5, 0.6) is 5.75 Å². The first kappa shape index (κ1) is 9.45. The van der Waals surface area contributed by atoms with Gasteiger partial charge in [-0.3, -0.25) is 4.98 Å². The van der Waals surface area contributed by atoms with Crippen LogP contribution < -0.4 is 0 Å². The predicted molar refractivity (Wildman–Crippen MR) is 57.4 cm³/mol. The topological polar surface area (TPSA) is 65.7 Å². The maximum absolute atomic E-state index is 9.59. The van der Waals surface area contributed by atoms with Crippen LogP contribution in [0.2, 0.25) is 0 Å². The van der Waals surface area contributed by atoms with Crippen molar-refractivity contribution in [2.24, 2.45) is 5.16 Å². The molecular formula is C11H10N2O2. The van der Waals surface area contributed by atoms with Crippen molar-refractivity contribution in [3.63, 3.8) is 0 Å². The molecule has 0 aliphatic rings. The lowest BCUT2D eigenvalue weighted by Gasteiger charge is -2.05. The number of pyridine rings is 1. The molecule has 0 atom stereocenters. The predicted octanol–water partition coefficient (Wildman–Crippen LogP) is 2.14. The molecule has 0 saturated carbocycles. The van der Waals surface area contributed by atoms with E-state index in [4.69, 9.17) is 5.21 Å². The lowest BCUT2D eigenvalue weighted by atomic mass is 10.0. The molecule has 2 aromatic rings. The molecule has 4 heteroatoms. The van der Waals surface area contributed by atoms with Crippen molar-refractivity contribution in [1.29, 1.82) is 0 Å². The van der Waals surface area contributed by atoms with Crippen LogP contribution in [0.15, 0.2) is 35.6 Å². The van der Waals surface area contributed by atoms with Crippen LogP contribution in [-0.4, -0.2) is 21.0 Å². The largest absolute Gasteiger partial charge is 0.506 e. The maximum Gasteiger partial charge on any atom is 0.141 e. The van der Waals surface area contributed by atoms with Crippen LogP contribution in [0, 0.1) is 0 Å². The SMILES string of the molecule is CC(=NO)c1ccc(O)c2ncccc12. The zero-order valence-electron chi connectivity index (χ0n) is 8.18. The Kier molecular flexibility index (Phi) is 2.25. The maximum atomic E-state index is 9.59. The number of rotatable bonds is 1. The highest BCUT2D eigenvalue weighted by molar-refractivity contribution is 6.09. The Morgan fingerprint density at radius 1 is 1.33 bits per heavy atom. The Hall–Kier alpha value is -2.10. The van der Waals surface area contributed by atoms with E-state index in [0.29, 0.717) is 11.2 Å². The molecule has 0 aliphatic carbocycles. The summed E-state index contributed by atoms with van der Waals surface area (Å²) in [6, 6.07) is 6.84.